The number of hydrogen-bond acceptors (Lipinski definition) is 3. The van der Waals surface area contributed by atoms with Crippen LogP contribution in [0, 0.1) is 18.6 Å². The normalized spacial score (nSPS) is 14.5. The summed E-state index contributed by atoms with van der Waals surface area (Å²) in [6, 6.07) is 13.0. The highest BCUT2D eigenvalue weighted by Gasteiger charge is 2.28. The number of pyridine rings is 1. The Bertz CT molecular complexity index is 1140. The highest BCUT2D eigenvalue weighted by atomic mass is 19.1. The Labute approximate surface area is 174 Å². The first-order chi connectivity index (χ1) is 14.2. The second-order valence-corrected chi connectivity index (χ2v) is 7.95. The molecular formula is C25H21F2NO2. The van der Waals surface area contributed by atoms with Crippen LogP contribution in [0.5, 0.6) is 5.75 Å². The fraction of sp³-hybridized carbons (Fsp3) is 0.200. The molecule has 0 aliphatic carbocycles. The number of para-hydroxylation sites is 1. The SMILES string of the molecule is Cc1cccc2c1OC(C)(C)C=C2c1ccc(CC(=O)c2c(F)cccc2F)nc1. The van der Waals surface area contributed by atoms with Crippen molar-refractivity contribution in [1.29, 1.82) is 0 Å². The molecule has 1 aromatic heterocycles. The molecule has 0 saturated carbocycles. The maximum atomic E-state index is 13.9. The molecule has 1 aliphatic heterocycles. The molecule has 0 atom stereocenters. The number of hydrogen-bond donors (Lipinski definition) is 0. The summed E-state index contributed by atoms with van der Waals surface area (Å²) in [5.41, 5.74) is 3.35. The van der Waals surface area contributed by atoms with Crippen molar-refractivity contribution in [3.8, 4) is 5.75 Å². The van der Waals surface area contributed by atoms with Gasteiger partial charge in [-0.3, -0.25) is 9.78 Å². The summed E-state index contributed by atoms with van der Waals surface area (Å²) in [5.74, 6) is -1.52. The zero-order valence-electron chi connectivity index (χ0n) is 17.0. The van der Waals surface area contributed by atoms with Crippen LogP contribution in [0.25, 0.3) is 5.57 Å². The van der Waals surface area contributed by atoms with Crippen LogP contribution < -0.4 is 4.74 Å². The first-order valence-electron chi connectivity index (χ1n) is 9.69. The van der Waals surface area contributed by atoms with Gasteiger partial charge in [-0.25, -0.2) is 8.78 Å². The van der Waals surface area contributed by atoms with E-state index in [1.165, 1.54) is 6.07 Å². The Morgan fingerprint density at radius 3 is 2.40 bits per heavy atom. The van der Waals surface area contributed by atoms with Gasteiger partial charge in [0.1, 0.15) is 23.0 Å². The Kier molecular flexibility index (Phi) is 4.98. The molecule has 5 heteroatoms. The molecule has 2 aromatic carbocycles. The van der Waals surface area contributed by atoms with Crippen molar-refractivity contribution < 1.29 is 18.3 Å². The summed E-state index contributed by atoms with van der Waals surface area (Å²) < 4.78 is 33.8. The topological polar surface area (TPSA) is 39.2 Å². The number of carbonyl (C=O) groups is 1. The molecule has 0 unspecified atom stereocenters. The van der Waals surface area contributed by atoms with Crippen LogP contribution in [0.3, 0.4) is 0 Å². The summed E-state index contributed by atoms with van der Waals surface area (Å²) >= 11 is 0. The summed E-state index contributed by atoms with van der Waals surface area (Å²) in [6.45, 7) is 5.99. The third-order valence-corrected chi connectivity index (χ3v) is 5.08. The Balaban J connectivity index is 1.64. The molecule has 0 spiro atoms. The molecule has 152 valence electrons. The van der Waals surface area contributed by atoms with Crippen molar-refractivity contribution >= 4 is 11.4 Å². The highest BCUT2D eigenvalue weighted by molar-refractivity contribution is 5.97. The van der Waals surface area contributed by atoms with Crippen LogP contribution in [-0.4, -0.2) is 16.4 Å². The molecule has 0 saturated heterocycles. The predicted octanol–water partition coefficient (Wildman–Crippen LogP) is 5.70. The fourth-order valence-electron chi connectivity index (χ4n) is 3.66. The van der Waals surface area contributed by atoms with Crippen molar-refractivity contribution in [1.82, 2.24) is 4.98 Å². The van der Waals surface area contributed by atoms with Crippen LogP contribution in [0.2, 0.25) is 0 Å². The lowest BCUT2D eigenvalue weighted by Crippen LogP contribution is -2.29. The molecule has 0 N–H and O–H groups in total. The third kappa shape index (κ3) is 3.75. The number of Topliss-reactive ketones (excluding diaryl/α,β-unsaturated/α-hetero) is 1. The summed E-state index contributed by atoms with van der Waals surface area (Å²) in [7, 11) is 0. The van der Waals surface area contributed by atoms with Crippen molar-refractivity contribution in [2.45, 2.75) is 32.8 Å². The minimum Gasteiger partial charge on any atom is -0.483 e. The van der Waals surface area contributed by atoms with E-state index >= 15 is 0 Å². The van der Waals surface area contributed by atoms with Gasteiger partial charge in [0.05, 0.1) is 12.0 Å². The van der Waals surface area contributed by atoms with E-state index < -0.39 is 28.6 Å². The predicted molar refractivity (Wildman–Crippen MR) is 112 cm³/mol. The first kappa shape index (κ1) is 20.0. The summed E-state index contributed by atoms with van der Waals surface area (Å²) in [6.07, 6.45) is 3.55. The van der Waals surface area contributed by atoms with Crippen molar-refractivity contribution in [2.24, 2.45) is 0 Å². The maximum Gasteiger partial charge on any atom is 0.174 e. The Morgan fingerprint density at radius 2 is 1.73 bits per heavy atom. The van der Waals surface area contributed by atoms with E-state index in [9.17, 15) is 13.6 Å². The van der Waals surface area contributed by atoms with E-state index in [2.05, 4.69) is 4.98 Å². The molecule has 30 heavy (non-hydrogen) atoms. The highest BCUT2D eigenvalue weighted by Crippen LogP contribution is 2.41. The number of aryl methyl sites for hydroxylation is 1. The molecule has 2 heterocycles. The van der Waals surface area contributed by atoms with E-state index in [0.717, 1.165) is 40.1 Å². The van der Waals surface area contributed by atoms with Crippen molar-refractivity contribution in [2.75, 3.05) is 0 Å². The molecule has 3 aromatic rings. The van der Waals surface area contributed by atoms with Gasteiger partial charge < -0.3 is 4.74 Å². The van der Waals surface area contributed by atoms with Crippen LogP contribution in [-0.2, 0) is 6.42 Å². The van der Waals surface area contributed by atoms with Crippen LogP contribution in [0.1, 0.15) is 46.6 Å². The maximum absolute atomic E-state index is 13.9. The van der Waals surface area contributed by atoms with E-state index in [4.69, 9.17) is 4.74 Å². The molecular weight excluding hydrogens is 384 g/mol. The third-order valence-electron chi connectivity index (χ3n) is 5.08. The van der Waals surface area contributed by atoms with Crippen LogP contribution in [0.15, 0.2) is 60.8 Å². The monoisotopic (exact) mass is 405 g/mol. The standard InChI is InChI=1S/C25H21F2NO2/c1-15-6-4-7-18-19(13-25(2,3)30-24(15)18)16-10-11-17(28-14-16)12-22(29)23-20(26)8-5-9-21(23)27/h4-11,13-14H,12H2,1-3H3. The second kappa shape index (κ2) is 7.48. The van der Waals surface area contributed by atoms with Crippen LogP contribution >= 0.6 is 0 Å². The number of halogens is 2. The van der Waals surface area contributed by atoms with Gasteiger partial charge >= 0.3 is 0 Å². The molecule has 0 fully saturated rings. The van der Waals surface area contributed by atoms with E-state index in [-0.39, 0.29) is 6.42 Å². The van der Waals surface area contributed by atoms with Gasteiger partial charge in [-0.2, -0.15) is 0 Å². The number of ether oxygens (including phenoxy) is 1. The molecule has 0 bridgehead atoms. The number of rotatable bonds is 4. The zero-order valence-corrected chi connectivity index (χ0v) is 17.0. The smallest absolute Gasteiger partial charge is 0.174 e. The average molecular weight is 405 g/mol. The quantitative estimate of drug-likeness (QED) is 0.523. The summed E-state index contributed by atoms with van der Waals surface area (Å²) in [4.78, 5) is 16.8. The summed E-state index contributed by atoms with van der Waals surface area (Å²) in [5, 5.41) is 0. The lowest BCUT2D eigenvalue weighted by Gasteiger charge is -2.32. The number of nitrogens with zero attached hydrogens (tertiary/aromatic N) is 1. The Hall–Kier alpha value is -3.34. The second-order valence-electron chi connectivity index (χ2n) is 7.95. The van der Waals surface area contributed by atoms with Gasteiger partial charge in [-0.1, -0.05) is 30.3 Å². The van der Waals surface area contributed by atoms with Gasteiger partial charge in [0.15, 0.2) is 5.78 Å². The van der Waals surface area contributed by atoms with Crippen LogP contribution in [0.4, 0.5) is 8.78 Å². The van der Waals surface area contributed by atoms with Gasteiger partial charge in [0.2, 0.25) is 0 Å². The van der Waals surface area contributed by atoms with Crippen molar-refractivity contribution in [3.05, 3.63) is 100 Å². The van der Waals surface area contributed by atoms with Gasteiger partial charge in [-0.05, 0) is 56.2 Å². The van der Waals surface area contributed by atoms with Gasteiger partial charge in [0.25, 0.3) is 0 Å². The zero-order chi connectivity index (χ0) is 21.5. The molecule has 1 aliphatic rings. The number of ketones is 1. The lowest BCUT2D eigenvalue weighted by atomic mass is 9.89. The van der Waals surface area contributed by atoms with E-state index in [0.29, 0.717) is 5.69 Å². The number of carbonyl (C=O) groups excluding carboxylic acids is 1. The average Bonchev–Trinajstić information content (AvgIpc) is 2.68. The molecule has 3 nitrogen and oxygen atoms in total. The van der Waals surface area contributed by atoms with Crippen molar-refractivity contribution in [3.63, 3.8) is 0 Å². The van der Waals surface area contributed by atoms with E-state index in [1.807, 2.05) is 51.1 Å². The van der Waals surface area contributed by atoms with E-state index in [1.54, 1.807) is 12.3 Å². The largest absolute Gasteiger partial charge is 0.483 e. The molecule has 4 rings (SSSR count). The van der Waals surface area contributed by atoms with Gasteiger partial charge in [-0.15, -0.1) is 0 Å². The number of benzene rings is 2. The minimum absolute atomic E-state index is 0.179. The van der Waals surface area contributed by atoms with Gasteiger partial charge in [0, 0.05) is 23.0 Å². The number of fused-ring (bicyclic) bond motifs is 1. The number of aromatic nitrogens is 1. The lowest BCUT2D eigenvalue weighted by molar-refractivity contribution is 0.0984. The fourth-order valence-corrected chi connectivity index (χ4v) is 3.66. The Morgan fingerprint density at radius 1 is 1.03 bits per heavy atom. The molecule has 0 amide bonds. The minimum atomic E-state index is -0.863. The first-order valence-corrected chi connectivity index (χ1v) is 9.69. The molecule has 0 radical (unpaired) electrons.